The van der Waals surface area contributed by atoms with E-state index in [0.717, 1.165) is 29.7 Å². The van der Waals surface area contributed by atoms with Gasteiger partial charge in [-0.2, -0.15) is 0 Å². The number of likely N-dealkylation sites (tertiary alicyclic amines) is 1. The fraction of sp³-hybridized carbons (Fsp3) is 0.360. The average Bonchev–Trinajstić information content (AvgIpc) is 3.04. The molecule has 0 aromatic heterocycles. The van der Waals surface area contributed by atoms with Crippen LogP contribution in [0.4, 0.5) is 11.4 Å². The van der Waals surface area contributed by atoms with Crippen molar-refractivity contribution in [1.29, 1.82) is 0 Å². The van der Waals surface area contributed by atoms with E-state index in [1.807, 2.05) is 73.3 Å². The van der Waals surface area contributed by atoms with E-state index in [0.29, 0.717) is 30.0 Å². The maximum Gasteiger partial charge on any atom is 0.282 e. The van der Waals surface area contributed by atoms with Crippen molar-refractivity contribution in [3.8, 4) is 0 Å². The van der Waals surface area contributed by atoms with Crippen molar-refractivity contribution >= 4 is 28.8 Å². The molecule has 31 heavy (non-hydrogen) atoms. The Morgan fingerprint density at radius 3 is 2.48 bits per heavy atom. The van der Waals surface area contributed by atoms with E-state index >= 15 is 0 Å². The van der Waals surface area contributed by atoms with Crippen LogP contribution in [0.15, 0.2) is 54.2 Å². The molecule has 2 aromatic rings. The number of hydrogen-bond acceptors (Lipinski definition) is 5. The van der Waals surface area contributed by atoms with Crippen LogP contribution in [-0.2, 0) is 9.59 Å². The van der Waals surface area contributed by atoms with Gasteiger partial charge in [0.2, 0.25) is 0 Å². The van der Waals surface area contributed by atoms with Crippen LogP contribution in [0.3, 0.4) is 0 Å². The number of rotatable bonds is 5. The fourth-order valence-electron chi connectivity index (χ4n) is 4.35. The molecule has 1 saturated heterocycles. The summed E-state index contributed by atoms with van der Waals surface area (Å²) in [5.41, 5.74) is 4.22. The summed E-state index contributed by atoms with van der Waals surface area (Å²) >= 11 is 0. The van der Waals surface area contributed by atoms with Gasteiger partial charge in [0.15, 0.2) is 0 Å². The number of aliphatic hydroxyl groups is 1. The van der Waals surface area contributed by atoms with Gasteiger partial charge in [-0.05, 0) is 49.4 Å². The Morgan fingerprint density at radius 1 is 1.06 bits per heavy atom. The number of imide groups is 1. The first kappa shape index (κ1) is 21.1. The molecule has 6 heteroatoms. The Bertz CT molecular complexity index is 1030. The highest BCUT2D eigenvalue weighted by molar-refractivity contribution is 6.45. The highest BCUT2D eigenvalue weighted by Gasteiger charge is 2.43. The molecule has 1 unspecified atom stereocenters. The summed E-state index contributed by atoms with van der Waals surface area (Å²) in [6, 6.07) is 15.2. The second-order valence-electron chi connectivity index (χ2n) is 8.59. The zero-order valence-corrected chi connectivity index (χ0v) is 18.3. The van der Waals surface area contributed by atoms with Gasteiger partial charge in [0.05, 0.1) is 11.3 Å². The number of benzene rings is 2. The zero-order chi connectivity index (χ0) is 22.1. The molecule has 0 bridgehead atoms. The van der Waals surface area contributed by atoms with Crippen molar-refractivity contribution in [2.24, 2.45) is 5.92 Å². The number of piperidine rings is 1. The van der Waals surface area contributed by atoms with Crippen molar-refractivity contribution in [2.45, 2.75) is 19.8 Å². The number of amides is 2. The highest BCUT2D eigenvalue weighted by atomic mass is 16.3. The van der Waals surface area contributed by atoms with Crippen LogP contribution in [-0.4, -0.2) is 55.6 Å². The van der Waals surface area contributed by atoms with E-state index < -0.39 is 0 Å². The van der Waals surface area contributed by atoms with Crippen LogP contribution in [0.25, 0.3) is 5.57 Å². The van der Waals surface area contributed by atoms with Gasteiger partial charge in [0.1, 0.15) is 5.70 Å². The minimum absolute atomic E-state index is 0.0837. The summed E-state index contributed by atoms with van der Waals surface area (Å²) in [5.74, 6) is -0.490. The second kappa shape index (κ2) is 8.55. The lowest BCUT2D eigenvalue weighted by atomic mass is 9.96. The minimum Gasteiger partial charge on any atom is -0.396 e. The first-order valence-electron chi connectivity index (χ1n) is 10.7. The van der Waals surface area contributed by atoms with Crippen molar-refractivity contribution in [1.82, 2.24) is 4.90 Å². The lowest BCUT2D eigenvalue weighted by Crippen LogP contribution is -2.40. The van der Waals surface area contributed by atoms with Crippen LogP contribution < -0.4 is 9.80 Å². The molecule has 0 radical (unpaired) electrons. The maximum atomic E-state index is 13.7. The molecule has 2 aromatic carbocycles. The number of anilines is 2. The van der Waals surface area contributed by atoms with Crippen LogP contribution >= 0.6 is 0 Å². The number of carbonyl (C=O) groups is 2. The van der Waals surface area contributed by atoms with Gasteiger partial charge in [0.25, 0.3) is 11.8 Å². The van der Waals surface area contributed by atoms with Crippen LogP contribution in [0.2, 0.25) is 0 Å². The third kappa shape index (κ3) is 3.95. The topological polar surface area (TPSA) is 64.1 Å². The fourth-order valence-corrected chi connectivity index (χ4v) is 4.35. The van der Waals surface area contributed by atoms with Gasteiger partial charge in [-0.3, -0.25) is 9.59 Å². The van der Waals surface area contributed by atoms with E-state index in [2.05, 4.69) is 0 Å². The Kier molecular flexibility index (Phi) is 5.83. The van der Waals surface area contributed by atoms with Gasteiger partial charge in [-0.1, -0.05) is 35.9 Å². The summed E-state index contributed by atoms with van der Waals surface area (Å²) in [5, 5.41) is 9.69. The Balaban J connectivity index is 1.80. The Morgan fingerprint density at radius 2 is 1.81 bits per heavy atom. The van der Waals surface area contributed by atoms with E-state index in [4.69, 9.17) is 0 Å². The first-order chi connectivity index (χ1) is 14.9. The molecular formula is C25H29N3O3. The number of carbonyl (C=O) groups excluding carboxylic acids is 2. The molecule has 2 aliphatic rings. The molecule has 0 spiro atoms. The lowest BCUT2D eigenvalue weighted by Gasteiger charge is -2.34. The molecule has 1 fully saturated rings. The molecule has 0 saturated carbocycles. The Labute approximate surface area is 183 Å². The molecule has 6 nitrogen and oxygen atoms in total. The minimum atomic E-state index is -0.300. The van der Waals surface area contributed by atoms with E-state index in [1.54, 1.807) is 6.07 Å². The standard InChI is InChI=1S/C25H29N3O3/c1-17-9-11-19(12-10-17)22-23(27-13-5-6-18(15-27)16-29)25(31)28(24(22)30)21-8-4-7-20(14-21)26(2)3/h4,7-12,14,18,29H,5-6,13,15-16H2,1-3H3. The Hall–Kier alpha value is -3.12. The third-order valence-corrected chi connectivity index (χ3v) is 6.10. The smallest absolute Gasteiger partial charge is 0.282 e. The highest BCUT2D eigenvalue weighted by Crippen LogP contribution is 2.37. The lowest BCUT2D eigenvalue weighted by molar-refractivity contribution is -0.120. The summed E-state index contributed by atoms with van der Waals surface area (Å²) in [6.07, 6.45) is 1.81. The number of aryl methyl sites for hydroxylation is 1. The largest absolute Gasteiger partial charge is 0.396 e. The second-order valence-corrected chi connectivity index (χ2v) is 8.59. The monoisotopic (exact) mass is 419 g/mol. The number of aliphatic hydroxyl groups excluding tert-OH is 1. The van der Waals surface area contributed by atoms with Gasteiger partial charge in [-0.15, -0.1) is 0 Å². The molecule has 1 N–H and O–H groups in total. The predicted molar refractivity (Wildman–Crippen MR) is 123 cm³/mol. The van der Waals surface area contributed by atoms with E-state index in [-0.39, 0.29) is 24.3 Å². The maximum absolute atomic E-state index is 13.7. The number of hydrogen-bond donors (Lipinski definition) is 1. The zero-order valence-electron chi connectivity index (χ0n) is 18.3. The van der Waals surface area contributed by atoms with Gasteiger partial charge < -0.3 is 14.9 Å². The van der Waals surface area contributed by atoms with Crippen molar-refractivity contribution in [2.75, 3.05) is 43.6 Å². The molecule has 162 valence electrons. The number of nitrogens with zero attached hydrogens (tertiary/aromatic N) is 3. The molecule has 0 aliphatic carbocycles. The summed E-state index contributed by atoms with van der Waals surface area (Å²) in [7, 11) is 3.85. The normalized spacial score (nSPS) is 19.4. The van der Waals surface area contributed by atoms with Crippen LogP contribution in [0.1, 0.15) is 24.0 Å². The summed E-state index contributed by atoms with van der Waals surface area (Å²) < 4.78 is 0. The molecule has 2 heterocycles. The van der Waals surface area contributed by atoms with Crippen LogP contribution in [0, 0.1) is 12.8 Å². The van der Waals surface area contributed by atoms with Crippen molar-refractivity contribution in [3.05, 3.63) is 65.4 Å². The summed E-state index contributed by atoms with van der Waals surface area (Å²) in [6.45, 7) is 3.36. The molecule has 1 atom stereocenters. The van der Waals surface area contributed by atoms with Crippen LogP contribution in [0.5, 0.6) is 0 Å². The van der Waals surface area contributed by atoms with Crippen molar-refractivity contribution < 1.29 is 14.7 Å². The third-order valence-electron chi connectivity index (χ3n) is 6.10. The molecule has 4 rings (SSSR count). The first-order valence-corrected chi connectivity index (χ1v) is 10.7. The predicted octanol–water partition coefficient (Wildman–Crippen LogP) is 3.05. The molecular weight excluding hydrogens is 390 g/mol. The molecule has 2 amide bonds. The molecule has 2 aliphatic heterocycles. The summed E-state index contributed by atoms with van der Waals surface area (Å²) in [4.78, 5) is 32.5. The van der Waals surface area contributed by atoms with Crippen molar-refractivity contribution in [3.63, 3.8) is 0 Å². The van der Waals surface area contributed by atoms with Gasteiger partial charge in [0, 0.05) is 39.5 Å². The van der Waals surface area contributed by atoms with E-state index in [9.17, 15) is 14.7 Å². The SMILES string of the molecule is Cc1ccc(C2=C(N3CCCC(CO)C3)C(=O)N(c3cccc(N(C)C)c3)C2=O)cc1. The van der Waals surface area contributed by atoms with E-state index in [1.165, 1.54) is 4.90 Å². The van der Waals surface area contributed by atoms with Gasteiger partial charge in [-0.25, -0.2) is 4.90 Å². The quantitative estimate of drug-likeness (QED) is 0.755. The van der Waals surface area contributed by atoms with Gasteiger partial charge >= 0.3 is 0 Å². The average molecular weight is 420 g/mol.